The molecular formula is C14H17F3N2O4S. The number of rotatable bonds is 5. The molecule has 0 heterocycles. The molecule has 1 aliphatic rings. The van der Waals surface area contributed by atoms with Crippen molar-refractivity contribution < 1.29 is 26.5 Å². The molecule has 10 heteroatoms. The predicted octanol–water partition coefficient (Wildman–Crippen LogP) is 3.14. The van der Waals surface area contributed by atoms with Crippen LogP contribution in [0.1, 0.15) is 31.2 Å². The van der Waals surface area contributed by atoms with Crippen molar-refractivity contribution in [3.05, 3.63) is 39.9 Å². The van der Waals surface area contributed by atoms with Crippen molar-refractivity contribution in [1.29, 1.82) is 0 Å². The number of halogens is 3. The molecule has 1 fully saturated rings. The van der Waals surface area contributed by atoms with Crippen LogP contribution in [0.15, 0.2) is 24.3 Å². The first kappa shape index (κ1) is 18.7. The van der Waals surface area contributed by atoms with Crippen molar-refractivity contribution in [3.63, 3.8) is 0 Å². The normalized spacial score (nSPS) is 22.3. The van der Waals surface area contributed by atoms with E-state index in [1.165, 1.54) is 12.1 Å². The maximum absolute atomic E-state index is 13.0. The molecule has 1 aromatic rings. The van der Waals surface area contributed by atoms with Gasteiger partial charge in [-0.05, 0) is 18.4 Å². The number of alkyl halides is 3. The molecule has 0 aliphatic heterocycles. The van der Waals surface area contributed by atoms with E-state index in [0.29, 0.717) is 12.8 Å². The molecule has 2 unspecified atom stereocenters. The minimum Gasteiger partial charge on any atom is -0.258 e. The van der Waals surface area contributed by atoms with E-state index in [-0.39, 0.29) is 24.1 Å². The average molecular weight is 366 g/mol. The van der Waals surface area contributed by atoms with Crippen LogP contribution in [0.3, 0.4) is 0 Å². The van der Waals surface area contributed by atoms with Gasteiger partial charge in [0, 0.05) is 18.2 Å². The lowest BCUT2D eigenvalue weighted by Crippen LogP contribution is -2.47. The largest absolute Gasteiger partial charge is 0.393 e. The lowest BCUT2D eigenvalue weighted by Gasteiger charge is -2.33. The first-order valence-corrected chi connectivity index (χ1v) is 9.04. The SMILES string of the molecule is O=[N+]([O-])c1ccc(CS(=O)(=O)NC2CCCCC2C(F)(F)F)cc1. The van der Waals surface area contributed by atoms with Gasteiger partial charge in [-0.15, -0.1) is 0 Å². The fourth-order valence-corrected chi connectivity index (χ4v) is 4.33. The zero-order chi connectivity index (χ0) is 18.0. The minimum atomic E-state index is -4.44. The van der Waals surface area contributed by atoms with Gasteiger partial charge in [-0.2, -0.15) is 13.2 Å². The molecule has 0 aromatic heterocycles. The Labute approximate surface area is 137 Å². The topological polar surface area (TPSA) is 89.3 Å². The van der Waals surface area contributed by atoms with Crippen molar-refractivity contribution in [2.45, 2.75) is 43.7 Å². The lowest BCUT2D eigenvalue weighted by molar-refractivity contribution is -0.384. The monoisotopic (exact) mass is 366 g/mol. The molecule has 2 atom stereocenters. The van der Waals surface area contributed by atoms with Gasteiger partial charge in [0.2, 0.25) is 10.0 Å². The zero-order valence-electron chi connectivity index (χ0n) is 12.6. The van der Waals surface area contributed by atoms with E-state index in [0.717, 1.165) is 12.1 Å². The minimum absolute atomic E-state index is 0.0891. The van der Waals surface area contributed by atoms with Crippen LogP contribution in [-0.4, -0.2) is 25.6 Å². The van der Waals surface area contributed by atoms with Crippen LogP contribution in [0, 0.1) is 16.0 Å². The molecule has 0 saturated heterocycles. The number of sulfonamides is 1. The zero-order valence-corrected chi connectivity index (χ0v) is 13.4. The molecule has 0 radical (unpaired) electrons. The first-order chi connectivity index (χ1) is 11.1. The molecule has 0 bridgehead atoms. The molecule has 6 nitrogen and oxygen atoms in total. The smallest absolute Gasteiger partial charge is 0.258 e. The summed E-state index contributed by atoms with van der Waals surface area (Å²) in [6.45, 7) is 0. The van der Waals surface area contributed by atoms with Crippen LogP contribution in [0.25, 0.3) is 0 Å². The number of hydrogen-bond donors (Lipinski definition) is 1. The molecule has 0 amide bonds. The highest BCUT2D eigenvalue weighted by Gasteiger charge is 2.46. The molecule has 1 aliphatic carbocycles. The highest BCUT2D eigenvalue weighted by Crippen LogP contribution is 2.38. The highest BCUT2D eigenvalue weighted by molar-refractivity contribution is 7.88. The summed E-state index contributed by atoms with van der Waals surface area (Å²) in [5.74, 6) is -2.20. The Bertz CT molecular complexity index is 689. The van der Waals surface area contributed by atoms with E-state index in [4.69, 9.17) is 0 Å². The predicted molar refractivity (Wildman–Crippen MR) is 80.7 cm³/mol. The second-order valence-electron chi connectivity index (χ2n) is 5.84. The van der Waals surface area contributed by atoms with Crippen LogP contribution in [-0.2, 0) is 15.8 Å². The molecule has 1 saturated carbocycles. The first-order valence-electron chi connectivity index (χ1n) is 7.38. The second kappa shape index (κ2) is 7.06. The molecular weight excluding hydrogens is 349 g/mol. The van der Waals surface area contributed by atoms with Gasteiger partial charge < -0.3 is 0 Å². The Balaban J connectivity index is 2.08. The van der Waals surface area contributed by atoms with Crippen LogP contribution in [0.4, 0.5) is 18.9 Å². The van der Waals surface area contributed by atoms with Crippen molar-refractivity contribution in [1.82, 2.24) is 4.72 Å². The number of nitrogens with one attached hydrogen (secondary N) is 1. The average Bonchev–Trinajstić information content (AvgIpc) is 2.46. The number of benzene rings is 1. The second-order valence-corrected chi connectivity index (χ2v) is 7.59. The van der Waals surface area contributed by atoms with Gasteiger partial charge in [0.25, 0.3) is 5.69 Å². The maximum Gasteiger partial charge on any atom is 0.393 e. The third-order valence-corrected chi connectivity index (χ3v) is 5.40. The maximum atomic E-state index is 13.0. The fourth-order valence-electron chi connectivity index (χ4n) is 2.87. The molecule has 24 heavy (non-hydrogen) atoms. The number of nitrogens with zero attached hydrogens (tertiary/aromatic N) is 1. The van der Waals surface area contributed by atoms with Gasteiger partial charge in [0.1, 0.15) is 0 Å². The Hall–Kier alpha value is -1.68. The van der Waals surface area contributed by atoms with Crippen molar-refractivity contribution in [2.24, 2.45) is 5.92 Å². The van der Waals surface area contributed by atoms with Gasteiger partial charge in [-0.3, -0.25) is 10.1 Å². The summed E-state index contributed by atoms with van der Waals surface area (Å²) < 4.78 is 65.5. The van der Waals surface area contributed by atoms with Gasteiger partial charge in [-0.1, -0.05) is 25.0 Å². The summed E-state index contributed by atoms with van der Waals surface area (Å²) in [5.41, 5.74) is 0.0843. The van der Waals surface area contributed by atoms with E-state index in [1.807, 2.05) is 0 Å². The van der Waals surface area contributed by atoms with E-state index in [1.54, 1.807) is 0 Å². The molecule has 2 rings (SSSR count). The highest BCUT2D eigenvalue weighted by atomic mass is 32.2. The van der Waals surface area contributed by atoms with Crippen molar-refractivity contribution in [2.75, 3.05) is 0 Å². The Morgan fingerprint density at radius 2 is 1.75 bits per heavy atom. The number of nitro benzene ring substituents is 1. The Kier molecular flexibility index (Phi) is 5.49. The summed E-state index contributed by atoms with van der Waals surface area (Å²) in [5, 5.41) is 10.6. The van der Waals surface area contributed by atoms with Crippen molar-refractivity contribution >= 4 is 15.7 Å². The van der Waals surface area contributed by atoms with E-state index in [2.05, 4.69) is 4.72 Å². The third kappa shape index (κ3) is 4.91. The molecule has 134 valence electrons. The van der Waals surface area contributed by atoms with Crippen LogP contribution in [0.5, 0.6) is 0 Å². The van der Waals surface area contributed by atoms with Crippen LogP contribution >= 0.6 is 0 Å². The molecule has 0 spiro atoms. The summed E-state index contributed by atoms with van der Waals surface area (Å²) in [7, 11) is -3.98. The Morgan fingerprint density at radius 3 is 2.29 bits per heavy atom. The summed E-state index contributed by atoms with van der Waals surface area (Å²) in [4.78, 5) is 9.94. The molecule has 1 N–H and O–H groups in total. The van der Waals surface area contributed by atoms with E-state index in [9.17, 15) is 31.7 Å². The van der Waals surface area contributed by atoms with Crippen LogP contribution in [0.2, 0.25) is 0 Å². The number of nitro groups is 1. The standard InChI is InChI=1S/C14H17F3N2O4S/c15-14(16,17)12-3-1-2-4-13(12)18-24(22,23)9-10-5-7-11(8-6-10)19(20)21/h5-8,12-13,18H,1-4,9H2. The molecule has 1 aromatic carbocycles. The van der Waals surface area contributed by atoms with E-state index >= 15 is 0 Å². The Morgan fingerprint density at radius 1 is 1.17 bits per heavy atom. The summed E-state index contributed by atoms with van der Waals surface area (Å²) in [6.07, 6.45) is -3.43. The van der Waals surface area contributed by atoms with E-state index < -0.39 is 38.8 Å². The van der Waals surface area contributed by atoms with Gasteiger partial charge in [0.05, 0.1) is 16.6 Å². The summed E-state index contributed by atoms with van der Waals surface area (Å²) >= 11 is 0. The lowest BCUT2D eigenvalue weighted by atomic mass is 9.85. The van der Waals surface area contributed by atoms with Gasteiger partial charge in [0.15, 0.2) is 0 Å². The quantitative estimate of drug-likeness (QED) is 0.640. The van der Waals surface area contributed by atoms with Gasteiger partial charge >= 0.3 is 6.18 Å². The van der Waals surface area contributed by atoms with Gasteiger partial charge in [-0.25, -0.2) is 13.1 Å². The fraction of sp³-hybridized carbons (Fsp3) is 0.571. The van der Waals surface area contributed by atoms with Crippen LogP contribution < -0.4 is 4.72 Å². The number of hydrogen-bond acceptors (Lipinski definition) is 4. The summed E-state index contributed by atoms with van der Waals surface area (Å²) in [6, 6.07) is 3.70. The van der Waals surface area contributed by atoms with Crippen molar-refractivity contribution in [3.8, 4) is 0 Å². The number of non-ortho nitro benzene ring substituents is 1. The third-order valence-electron chi connectivity index (χ3n) is 4.02.